The van der Waals surface area contributed by atoms with Crippen LogP contribution in [0.5, 0.6) is 0 Å². The first kappa shape index (κ1) is 27.5. The number of carboxylic acid groups (broad SMARTS) is 1. The number of aliphatic carboxylic acids is 1. The van der Waals surface area contributed by atoms with Gasteiger partial charge in [0.1, 0.15) is 10.3 Å². The van der Waals surface area contributed by atoms with Crippen molar-refractivity contribution in [3.63, 3.8) is 0 Å². The van der Waals surface area contributed by atoms with Gasteiger partial charge in [0.2, 0.25) is 0 Å². The van der Waals surface area contributed by atoms with Crippen molar-refractivity contribution in [1.82, 2.24) is 5.32 Å². The Morgan fingerprint density at radius 1 is 1.11 bits per heavy atom. The molecular formula is C23H20ClF3N2O5S2. The molecule has 0 aliphatic carbocycles. The quantitative estimate of drug-likeness (QED) is 0.327. The van der Waals surface area contributed by atoms with E-state index in [2.05, 4.69) is 5.32 Å². The maximum Gasteiger partial charge on any atom is 0.416 e. The molecule has 0 saturated heterocycles. The summed E-state index contributed by atoms with van der Waals surface area (Å²) in [4.78, 5) is 24.3. The highest BCUT2D eigenvalue weighted by Crippen LogP contribution is 2.36. The number of anilines is 1. The predicted molar refractivity (Wildman–Crippen MR) is 130 cm³/mol. The summed E-state index contributed by atoms with van der Waals surface area (Å²) < 4.78 is 66.6. The van der Waals surface area contributed by atoms with Gasteiger partial charge in [0.15, 0.2) is 0 Å². The Kier molecular flexibility index (Phi) is 8.32. The molecule has 0 fully saturated rings. The Labute approximate surface area is 214 Å². The Morgan fingerprint density at radius 2 is 1.78 bits per heavy atom. The third-order valence-electron chi connectivity index (χ3n) is 5.05. The summed E-state index contributed by atoms with van der Waals surface area (Å²) in [7, 11) is -4.41. The molecule has 3 N–H and O–H groups in total. The Hall–Kier alpha value is -3.09. The van der Waals surface area contributed by atoms with Crippen LogP contribution in [0.1, 0.15) is 32.8 Å². The topological polar surface area (TPSA) is 113 Å². The van der Waals surface area contributed by atoms with E-state index < -0.39 is 45.4 Å². The molecule has 13 heteroatoms. The van der Waals surface area contributed by atoms with Gasteiger partial charge in [-0.25, -0.2) is 13.2 Å². The lowest BCUT2D eigenvalue weighted by Crippen LogP contribution is -2.40. The number of amides is 1. The summed E-state index contributed by atoms with van der Waals surface area (Å²) in [6.45, 7) is 1.40. The average molecular weight is 561 g/mol. The number of carbonyl (C=O) groups is 2. The standard InChI is InChI=1S/C23H20ClF3N2O5S2/c1-13-11-19(20(30)28-17(21(31)32)10-7-14-5-3-2-4-6-14)35-22(13)36(33,34)29-18-12-15(23(25,26)27)8-9-16(18)24/h2-6,8-9,11-12,17,29H,7,10H2,1H3,(H,28,30)(H,31,32)/t17-/m1/s1. The van der Waals surface area contributed by atoms with Gasteiger partial charge in [-0.15, -0.1) is 11.3 Å². The number of rotatable bonds is 9. The second-order valence-corrected chi connectivity index (χ2v) is 11.1. The van der Waals surface area contributed by atoms with E-state index in [1.54, 1.807) is 12.1 Å². The highest BCUT2D eigenvalue weighted by atomic mass is 35.5. The smallest absolute Gasteiger partial charge is 0.416 e. The molecule has 1 amide bonds. The van der Waals surface area contributed by atoms with E-state index in [9.17, 15) is 36.3 Å². The number of halogens is 4. The van der Waals surface area contributed by atoms with Gasteiger partial charge in [-0.3, -0.25) is 9.52 Å². The molecule has 1 aromatic heterocycles. The SMILES string of the molecule is Cc1cc(C(=O)N[C@H](CCc2ccccc2)C(=O)O)sc1S(=O)(=O)Nc1cc(C(F)(F)F)ccc1Cl. The summed E-state index contributed by atoms with van der Waals surface area (Å²) in [5.74, 6) is -2.04. The van der Waals surface area contributed by atoms with Crippen molar-refractivity contribution in [3.8, 4) is 0 Å². The van der Waals surface area contributed by atoms with Crippen LogP contribution in [0.15, 0.2) is 58.8 Å². The molecule has 7 nitrogen and oxygen atoms in total. The summed E-state index contributed by atoms with van der Waals surface area (Å²) in [5.41, 5.74) is -0.533. The molecule has 36 heavy (non-hydrogen) atoms. The molecule has 0 spiro atoms. The zero-order valence-corrected chi connectivity index (χ0v) is 21.0. The number of nitrogens with one attached hydrogen (secondary N) is 2. The highest BCUT2D eigenvalue weighted by Gasteiger charge is 2.32. The van der Waals surface area contributed by atoms with Crippen LogP contribution in [-0.4, -0.2) is 31.4 Å². The van der Waals surface area contributed by atoms with Crippen molar-refractivity contribution in [2.45, 2.75) is 36.2 Å². The Morgan fingerprint density at radius 3 is 2.39 bits per heavy atom. The number of carboxylic acids is 1. The van der Waals surface area contributed by atoms with Crippen LogP contribution in [-0.2, 0) is 27.4 Å². The molecule has 3 rings (SSSR count). The second kappa shape index (κ2) is 10.9. The molecule has 0 aliphatic heterocycles. The molecule has 192 valence electrons. The maximum atomic E-state index is 13.0. The molecule has 0 unspecified atom stereocenters. The number of sulfonamides is 1. The van der Waals surface area contributed by atoms with E-state index in [1.165, 1.54) is 13.0 Å². The molecule has 0 saturated carbocycles. The molecule has 0 radical (unpaired) electrons. The normalized spacial score (nSPS) is 12.7. The molecule has 1 atom stereocenters. The molecule has 2 aromatic carbocycles. The van der Waals surface area contributed by atoms with Gasteiger partial charge < -0.3 is 10.4 Å². The number of thiophene rings is 1. The Balaban J connectivity index is 1.78. The molecular weight excluding hydrogens is 541 g/mol. The number of hydrogen-bond acceptors (Lipinski definition) is 5. The van der Waals surface area contributed by atoms with Gasteiger partial charge in [-0.05, 0) is 55.2 Å². The van der Waals surface area contributed by atoms with Gasteiger partial charge in [0.05, 0.1) is 21.2 Å². The molecule has 3 aromatic rings. The van der Waals surface area contributed by atoms with E-state index in [1.807, 2.05) is 22.9 Å². The van der Waals surface area contributed by atoms with E-state index in [0.717, 1.165) is 17.7 Å². The first-order valence-electron chi connectivity index (χ1n) is 10.4. The van der Waals surface area contributed by atoms with Crippen molar-refractivity contribution in [3.05, 3.63) is 81.2 Å². The van der Waals surface area contributed by atoms with Crippen molar-refractivity contribution in [2.24, 2.45) is 0 Å². The van der Waals surface area contributed by atoms with Gasteiger partial charge in [-0.2, -0.15) is 13.2 Å². The fourth-order valence-corrected chi connectivity index (χ4v) is 6.15. The first-order valence-corrected chi connectivity index (χ1v) is 13.0. The van der Waals surface area contributed by atoms with E-state index in [0.29, 0.717) is 23.8 Å². The van der Waals surface area contributed by atoms with E-state index in [4.69, 9.17) is 11.6 Å². The fourth-order valence-electron chi connectivity index (χ4n) is 3.26. The van der Waals surface area contributed by atoms with Crippen LogP contribution in [0.3, 0.4) is 0 Å². The van der Waals surface area contributed by atoms with Gasteiger partial charge in [-0.1, -0.05) is 41.9 Å². The second-order valence-electron chi connectivity index (χ2n) is 7.77. The number of aryl methyl sites for hydroxylation is 2. The number of benzene rings is 2. The third kappa shape index (κ3) is 6.77. The summed E-state index contributed by atoms with van der Waals surface area (Å²) in [5, 5.41) is 11.6. The summed E-state index contributed by atoms with van der Waals surface area (Å²) in [6, 6.07) is 11.3. The van der Waals surface area contributed by atoms with E-state index >= 15 is 0 Å². The zero-order valence-electron chi connectivity index (χ0n) is 18.6. The minimum Gasteiger partial charge on any atom is -0.480 e. The number of hydrogen-bond donors (Lipinski definition) is 3. The monoisotopic (exact) mass is 560 g/mol. The maximum absolute atomic E-state index is 13.0. The minimum absolute atomic E-state index is 0.0750. The molecule has 0 bridgehead atoms. The average Bonchev–Trinajstić information content (AvgIpc) is 3.20. The van der Waals surface area contributed by atoms with Crippen LogP contribution in [0, 0.1) is 6.92 Å². The fraction of sp³-hybridized carbons (Fsp3) is 0.217. The third-order valence-corrected chi connectivity index (χ3v) is 8.61. The minimum atomic E-state index is -4.71. The van der Waals surface area contributed by atoms with Crippen LogP contribution >= 0.6 is 22.9 Å². The van der Waals surface area contributed by atoms with Crippen LogP contribution in [0.2, 0.25) is 5.02 Å². The van der Waals surface area contributed by atoms with Crippen molar-refractivity contribution in [2.75, 3.05) is 4.72 Å². The van der Waals surface area contributed by atoms with E-state index in [-0.39, 0.29) is 26.1 Å². The number of alkyl halides is 3. The van der Waals surface area contributed by atoms with Crippen molar-refractivity contribution in [1.29, 1.82) is 0 Å². The Bertz CT molecular complexity index is 1380. The summed E-state index contributed by atoms with van der Waals surface area (Å²) >= 11 is 6.44. The van der Waals surface area contributed by atoms with Gasteiger partial charge in [0, 0.05) is 0 Å². The molecule has 0 aliphatic rings. The first-order chi connectivity index (χ1) is 16.8. The van der Waals surface area contributed by atoms with Crippen molar-refractivity contribution < 1.29 is 36.3 Å². The van der Waals surface area contributed by atoms with Gasteiger partial charge >= 0.3 is 12.1 Å². The lowest BCUT2D eigenvalue weighted by molar-refractivity contribution is -0.139. The zero-order chi connectivity index (χ0) is 26.7. The summed E-state index contributed by atoms with van der Waals surface area (Å²) in [6.07, 6.45) is -4.21. The van der Waals surface area contributed by atoms with Crippen LogP contribution in [0.25, 0.3) is 0 Å². The lowest BCUT2D eigenvalue weighted by atomic mass is 10.1. The van der Waals surface area contributed by atoms with Crippen LogP contribution < -0.4 is 10.0 Å². The lowest BCUT2D eigenvalue weighted by Gasteiger charge is -2.14. The largest absolute Gasteiger partial charge is 0.480 e. The van der Waals surface area contributed by atoms with Crippen LogP contribution in [0.4, 0.5) is 18.9 Å². The number of carbonyl (C=O) groups excluding carboxylic acids is 1. The van der Waals surface area contributed by atoms with Gasteiger partial charge in [0.25, 0.3) is 15.9 Å². The molecule has 1 heterocycles. The highest BCUT2D eigenvalue weighted by molar-refractivity contribution is 7.94. The van der Waals surface area contributed by atoms with Crippen molar-refractivity contribution >= 4 is 50.5 Å². The predicted octanol–water partition coefficient (Wildman–Crippen LogP) is 5.35.